The molecule has 0 N–H and O–H groups in total. The third-order valence-electron chi connectivity index (χ3n) is 4.50. The van der Waals surface area contributed by atoms with Gasteiger partial charge in [0.2, 0.25) is 0 Å². The van der Waals surface area contributed by atoms with Crippen molar-refractivity contribution in [2.75, 3.05) is 14.2 Å². The first-order valence-electron chi connectivity index (χ1n) is 8.83. The van der Waals surface area contributed by atoms with Crippen molar-refractivity contribution in [3.8, 4) is 11.5 Å². The summed E-state index contributed by atoms with van der Waals surface area (Å²) in [5.41, 5.74) is 5.99. The van der Waals surface area contributed by atoms with Gasteiger partial charge in [0, 0.05) is 0 Å². The normalized spacial score (nSPS) is 10.3. The Hall–Kier alpha value is -3.00. The molecule has 0 aliphatic carbocycles. The number of hydrogen-bond donors (Lipinski definition) is 0. The molecule has 0 fully saturated rings. The molecule has 0 radical (unpaired) electrons. The molecule has 0 aliphatic heterocycles. The van der Waals surface area contributed by atoms with Gasteiger partial charge in [-0.2, -0.15) is 0 Å². The van der Waals surface area contributed by atoms with Crippen LogP contribution in [0.25, 0.3) is 11.6 Å². The summed E-state index contributed by atoms with van der Waals surface area (Å²) in [6.45, 7) is 2.17. The van der Waals surface area contributed by atoms with Gasteiger partial charge in [0.25, 0.3) is 0 Å². The monoisotopic (exact) mass is 344 g/mol. The Morgan fingerprint density at radius 2 is 1.15 bits per heavy atom. The Labute approximate surface area is 155 Å². The molecule has 0 bridgehead atoms. The molecule has 0 heterocycles. The first kappa shape index (κ1) is 17.8. The highest BCUT2D eigenvalue weighted by molar-refractivity contribution is 5.91. The molecule has 0 aromatic heterocycles. The van der Waals surface area contributed by atoms with Crippen LogP contribution in [-0.2, 0) is 6.42 Å². The second kappa shape index (κ2) is 8.39. The van der Waals surface area contributed by atoms with Gasteiger partial charge in [0.1, 0.15) is 11.5 Å². The van der Waals surface area contributed by atoms with Crippen molar-refractivity contribution in [2.24, 2.45) is 0 Å². The Bertz CT molecular complexity index is 808. The molecule has 3 aromatic carbocycles. The van der Waals surface area contributed by atoms with Crippen molar-refractivity contribution in [1.29, 1.82) is 0 Å². The molecule has 3 aromatic rings. The van der Waals surface area contributed by atoms with E-state index in [0.29, 0.717) is 0 Å². The second-order valence-corrected chi connectivity index (χ2v) is 6.11. The predicted molar refractivity (Wildman–Crippen MR) is 109 cm³/mol. The predicted octanol–water partition coefficient (Wildman–Crippen LogP) is 5.86. The van der Waals surface area contributed by atoms with Crippen molar-refractivity contribution >= 4 is 11.6 Å². The van der Waals surface area contributed by atoms with E-state index in [1.807, 2.05) is 24.3 Å². The molecule has 0 unspecified atom stereocenters. The van der Waals surface area contributed by atoms with Crippen molar-refractivity contribution in [3.63, 3.8) is 0 Å². The minimum absolute atomic E-state index is 0.857. The van der Waals surface area contributed by atoms with Crippen LogP contribution in [0, 0.1) is 0 Å². The highest BCUT2D eigenvalue weighted by Gasteiger charge is 2.07. The van der Waals surface area contributed by atoms with Gasteiger partial charge in [-0.3, -0.25) is 0 Å². The topological polar surface area (TPSA) is 18.5 Å². The largest absolute Gasteiger partial charge is 0.497 e. The zero-order valence-electron chi connectivity index (χ0n) is 15.5. The second-order valence-electron chi connectivity index (χ2n) is 6.11. The molecule has 0 spiro atoms. The van der Waals surface area contributed by atoms with Gasteiger partial charge in [0.15, 0.2) is 0 Å². The fourth-order valence-corrected chi connectivity index (χ4v) is 2.89. The Morgan fingerprint density at radius 1 is 0.692 bits per heavy atom. The number of ether oxygens (including phenoxy) is 2. The summed E-state index contributed by atoms with van der Waals surface area (Å²) in [6, 6.07) is 25.1. The number of aryl methyl sites for hydroxylation is 1. The van der Waals surface area contributed by atoms with Gasteiger partial charge in [-0.15, -0.1) is 0 Å². The van der Waals surface area contributed by atoms with E-state index in [1.54, 1.807) is 14.2 Å². The van der Waals surface area contributed by atoms with Crippen LogP contribution in [0.4, 0.5) is 0 Å². The van der Waals surface area contributed by atoms with Crippen molar-refractivity contribution < 1.29 is 9.47 Å². The first-order valence-corrected chi connectivity index (χ1v) is 8.83. The van der Waals surface area contributed by atoms with Gasteiger partial charge >= 0.3 is 0 Å². The van der Waals surface area contributed by atoms with Crippen LogP contribution in [0.3, 0.4) is 0 Å². The van der Waals surface area contributed by atoms with E-state index in [1.165, 1.54) is 16.7 Å². The first-order chi connectivity index (χ1) is 12.7. The number of rotatable bonds is 6. The Kier molecular flexibility index (Phi) is 5.75. The summed E-state index contributed by atoms with van der Waals surface area (Å²) in [5.74, 6) is 1.71. The van der Waals surface area contributed by atoms with Crippen molar-refractivity contribution in [3.05, 3.63) is 95.1 Å². The lowest BCUT2D eigenvalue weighted by Crippen LogP contribution is -1.91. The minimum Gasteiger partial charge on any atom is -0.497 e. The summed E-state index contributed by atoms with van der Waals surface area (Å²) in [4.78, 5) is 0. The van der Waals surface area contributed by atoms with Crippen LogP contribution < -0.4 is 9.47 Å². The van der Waals surface area contributed by atoms with Crippen molar-refractivity contribution in [2.45, 2.75) is 13.3 Å². The van der Waals surface area contributed by atoms with Crippen LogP contribution in [-0.4, -0.2) is 14.2 Å². The molecular formula is C24H24O2. The average molecular weight is 344 g/mol. The summed E-state index contributed by atoms with van der Waals surface area (Å²) in [7, 11) is 3.37. The Morgan fingerprint density at radius 3 is 1.54 bits per heavy atom. The molecule has 0 aliphatic rings. The molecule has 26 heavy (non-hydrogen) atoms. The maximum Gasteiger partial charge on any atom is 0.118 e. The molecule has 0 atom stereocenters. The van der Waals surface area contributed by atoms with E-state index in [4.69, 9.17) is 9.47 Å². The summed E-state index contributed by atoms with van der Waals surface area (Å²) in [5, 5.41) is 0. The van der Waals surface area contributed by atoms with Crippen LogP contribution in [0.15, 0.2) is 72.8 Å². The third kappa shape index (κ3) is 4.15. The van der Waals surface area contributed by atoms with E-state index >= 15 is 0 Å². The van der Waals surface area contributed by atoms with E-state index in [-0.39, 0.29) is 0 Å². The van der Waals surface area contributed by atoms with Crippen LogP contribution in [0.1, 0.15) is 29.2 Å². The van der Waals surface area contributed by atoms with Crippen molar-refractivity contribution in [1.82, 2.24) is 0 Å². The van der Waals surface area contributed by atoms with Gasteiger partial charge in [-0.1, -0.05) is 55.5 Å². The fraction of sp³-hybridized carbons (Fsp3) is 0.167. The van der Waals surface area contributed by atoms with E-state index in [9.17, 15) is 0 Å². The summed E-state index contributed by atoms with van der Waals surface area (Å²) >= 11 is 0. The van der Waals surface area contributed by atoms with E-state index in [2.05, 4.69) is 61.5 Å². The van der Waals surface area contributed by atoms with E-state index < -0.39 is 0 Å². The lowest BCUT2D eigenvalue weighted by atomic mass is 9.95. The minimum atomic E-state index is 0.857. The fourth-order valence-electron chi connectivity index (χ4n) is 2.89. The van der Waals surface area contributed by atoms with Gasteiger partial charge in [-0.25, -0.2) is 0 Å². The third-order valence-corrected chi connectivity index (χ3v) is 4.50. The molecule has 132 valence electrons. The van der Waals surface area contributed by atoms with Gasteiger partial charge in [-0.05, 0) is 64.6 Å². The lowest BCUT2D eigenvalue weighted by molar-refractivity contribution is 0.414. The average Bonchev–Trinajstić information content (AvgIpc) is 2.73. The molecule has 0 amide bonds. The van der Waals surface area contributed by atoms with Crippen LogP contribution in [0.2, 0.25) is 0 Å². The summed E-state index contributed by atoms with van der Waals surface area (Å²) in [6.07, 6.45) is 3.27. The molecule has 0 saturated carbocycles. The summed E-state index contributed by atoms with van der Waals surface area (Å²) < 4.78 is 10.6. The van der Waals surface area contributed by atoms with Gasteiger partial charge < -0.3 is 9.47 Å². The highest BCUT2D eigenvalue weighted by atomic mass is 16.5. The van der Waals surface area contributed by atoms with E-state index in [0.717, 1.165) is 29.0 Å². The number of hydrogen-bond acceptors (Lipinski definition) is 2. The smallest absolute Gasteiger partial charge is 0.118 e. The molecule has 2 nitrogen and oxygen atoms in total. The number of methoxy groups -OCH3 is 2. The highest BCUT2D eigenvalue weighted by Crippen LogP contribution is 2.29. The SMILES string of the molecule is CCc1ccc(C=C(c2ccc(OC)cc2)c2ccc(OC)cc2)cc1. The molecular weight excluding hydrogens is 320 g/mol. The number of benzene rings is 3. The molecule has 3 rings (SSSR count). The molecule has 0 saturated heterocycles. The van der Waals surface area contributed by atoms with Crippen LogP contribution in [0.5, 0.6) is 11.5 Å². The maximum absolute atomic E-state index is 5.29. The lowest BCUT2D eigenvalue weighted by Gasteiger charge is -2.11. The standard InChI is InChI=1S/C24H24O2/c1-4-18-5-7-19(8-6-18)17-24(20-9-13-22(25-2)14-10-20)21-11-15-23(26-3)16-12-21/h5-17H,4H2,1-3H3. The maximum atomic E-state index is 5.29. The Balaban J connectivity index is 2.05. The zero-order chi connectivity index (χ0) is 18.4. The molecule has 2 heteroatoms. The quantitative estimate of drug-likeness (QED) is 0.522. The zero-order valence-corrected chi connectivity index (χ0v) is 15.5. The van der Waals surface area contributed by atoms with Gasteiger partial charge in [0.05, 0.1) is 14.2 Å². The van der Waals surface area contributed by atoms with Crippen LogP contribution >= 0.6 is 0 Å².